The molecule has 1 rings (SSSR count). The molecule has 0 spiro atoms. The number of ether oxygens (including phenoxy) is 1. The van der Waals surface area contributed by atoms with Crippen LogP contribution < -0.4 is 4.74 Å². The van der Waals surface area contributed by atoms with Gasteiger partial charge in [-0.3, -0.25) is 10.1 Å². The Bertz CT molecular complexity index is 331. The summed E-state index contributed by atoms with van der Waals surface area (Å²) in [7, 11) is 1.54. The first-order valence-electron chi connectivity index (χ1n) is 3.23. The zero-order valence-corrected chi connectivity index (χ0v) is 10.9. The monoisotopic (exact) mass is 405 g/mol. The molecular weight excluding hydrogens is 400 g/mol. The number of nitrogens with zero attached hydrogens (tertiary/aromatic N) is 1. The van der Waals surface area contributed by atoms with Gasteiger partial charge in [0, 0.05) is 12.1 Å². The van der Waals surface area contributed by atoms with Crippen molar-refractivity contribution >= 4 is 50.9 Å². The number of halogens is 2. The molecule has 0 heterocycles. The molecule has 4 nitrogen and oxygen atoms in total. The predicted molar refractivity (Wildman–Crippen MR) is 65.1 cm³/mol. The highest BCUT2D eigenvalue weighted by molar-refractivity contribution is 14.1. The summed E-state index contributed by atoms with van der Waals surface area (Å²) in [5.41, 5.74) is 0.141. The zero-order valence-electron chi connectivity index (χ0n) is 6.58. The predicted octanol–water partition coefficient (Wildman–Crippen LogP) is 2.81. The third kappa shape index (κ3) is 2.42. The number of rotatable bonds is 2. The number of methoxy groups -OCH3 is 1. The topological polar surface area (TPSA) is 52.4 Å². The second kappa shape index (κ2) is 4.40. The fourth-order valence-corrected chi connectivity index (χ4v) is 2.94. The van der Waals surface area contributed by atoms with Gasteiger partial charge in [0.15, 0.2) is 0 Å². The molecule has 0 fully saturated rings. The third-order valence-electron chi connectivity index (χ3n) is 1.41. The van der Waals surface area contributed by atoms with E-state index in [0.717, 1.165) is 0 Å². The Kier molecular flexibility index (Phi) is 3.71. The van der Waals surface area contributed by atoms with Gasteiger partial charge in [-0.1, -0.05) is 0 Å². The molecule has 0 atom stereocenters. The average Bonchev–Trinajstić information content (AvgIpc) is 2.02. The van der Waals surface area contributed by atoms with E-state index in [1.54, 1.807) is 12.1 Å². The van der Waals surface area contributed by atoms with E-state index in [1.165, 1.54) is 7.11 Å². The maximum absolute atomic E-state index is 10.6. The van der Waals surface area contributed by atoms with E-state index in [-0.39, 0.29) is 10.6 Å². The fraction of sp³-hybridized carbons (Fsp3) is 0.143. The second-order valence-corrected chi connectivity index (χ2v) is 4.52. The van der Waals surface area contributed by atoms with Gasteiger partial charge in [-0.25, -0.2) is 0 Å². The Morgan fingerprint density at radius 2 is 1.85 bits per heavy atom. The Balaban J connectivity index is 3.31. The van der Waals surface area contributed by atoms with Crippen molar-refractivity contribution in [2.45, 2.75) is 0 Å². The lowest BCUT2D eigenvalue weighted by molar-refractivity contribution is -0.386. The van der Waals surface area contributed by atoms with Gasteiger partial charge in [0.1, 0.15) is 5.75 Å². The van der Waals surface area contributed by atoms with Crippen LogP contribution >= 0.6 is 45.2 Å². The van der Waals surface area contributed by atoms with Gasteiger partial charge in [0.2, 0.25) is 0 Å². The fourth-order valence-electron chi connectivity index (χ4n) is 0.835. The van der Waals surface area contributed by atoms with Gasteiger partial charge >= 0.3 is 0 Å². The van der Waals surface area contributed by atoms with E-state index in [1.807, 2.05) is 45.2 Å². The SMILES string of the molecule is COc1cc(I)c([N+](=O)[O-])c(I)c1. The van der Waals surface area contributed by atoms with Crippen molar-refractivity contribution in [2.75, 3.05) is 7.11 Å². The summed E-state index contributed by atoms with van der Waals surface area (Å²) in [6.45, 7) is 0. The first-order valence-corrected chi connectivity index (χ1v) is 5.39. The lowest BCUT2D eigenvalue weighted by Crippen LogP contribution is -1.96. The van der Waals surface area contributed by atoms with Gasteiger partial charge in [0.25, 0.3) is 5.69 Å². The number of hydrogen-bond acceptors (Lipinski definition) is 3. The smallest absolute Gasteiger partial charge is 0.296 e. The molecule has 1 aromatic rings. The van der Waals surface area contributed by atoms with Crippen LogP contribution in [-0.4, -0.2) is 12.0 Å². The largest absolute Gasteiger partial charge is 0.497 e. The average molecular weight is 405 g/mol. The maximum atomic E-state index is 10.6. The standard InChI is InChI=1S/C7H5I2NO3/c1-13-4-2-5(8)7(10(11)12)6(9)3-4/h2-3H,1H3. The van der Waals surface area contributed by atoms with E-state index < -0.39 is 0 Å². The van der Waals surface area contributed by atoms with Gasteiger partial charge in [-0.2, -0.15) is 0 Å². The number of nitro benzene ring substituents is 1. The molecule has 0 aliphatic carbocycles. The lowest BCUT2D eigenvalue weighted by atomic mass is 10.3. The first-order chi connectivity index (χ1) is 6.06. The summed E-state index contributed by atoms with van der Waals surface area (Å²) >= 11 is 3.85. The molecule has 70 valence electrons. The quantitative estimate of drug-likeness (QED) is 0.432. The van der Waals surface area contributed by atoms with Crippen LogP contribution in [-0.2, 0) is 0 Å². The minimum absolute atomic E-state index is 0.141. The van der Waals surface area contributed by atoms with Crippen LogP contribution in [0.2, 0.25) is 0 Å². The van der Waals surface area contributed by atoms with Crippen molar-refractivity contribution in [3.63, 3.8) is 0 Å². The lowest BCUT2D eigenvalue weighted by Gasteiger charge is -2.02. The third-order valence-corrected chi connectivity index (χ3v) is 3.05. The molecule has 6 heteroatoms. The molecule has 0 saturated heterocycles. The van der Waals surface area contributed by atoms with Crippen molar-refractivity contribution in [1.82, 2.24) is 0 Å². The van der Waals surface area contributed by atoms with Crippen molar-refractivity contribution < 1.29 is 9.66 Å². The Morgan fingerprint density at radius 3 is 2.15 bits per heavy atom. The van der Waals surface area contributed by atoms with Crippen LogP contribution in [0.1, 0.15) is 0 Å². The van der Waals surface area contributed by atoms with Crippen molar-refractivity contribution in [2.24, 2.45) is 0 Å². The van der Waals surface area contributed by atoms with Crippen LogP contribution in [0, 0.1) is 17.3 Å². The molecule has 0 N–H and O–H groups in total. The van der Waals surface area contributed by atoms with Gasteiger partial charge < -0.3 is 4.74 Å². The number of hydrogen-bond donors (Lipinski definition) is 0. The Hall–Kier alpha value is -0.120. The van der Waals surface area contributed by atoms with E-state index in [4.69, 9.17) is 4.74 Å². The van der Waals surface area contributed by atoms with Crippen molar-refractivity contribution in [3.8, 4) is 5.75 Å². The molecule has 0 unspecified atom stereocenters. The second-order valence-electron chi connectivity index (χ2n) is 2.20. The molecule has 0 aliphatic rings. The van der Waals surface area contributed by atoms with Crippen LogP contribution in [0.25, 0.3) is 0 Å². The van der Waals surface area contributed by atoms with E-state index in [0.29, 0.717) is 12.9 Å². The van der Waals surface area contributed by atoms with Crippen LogP contribution in [0.3, 0.4) is 0 Å². The highest BCUT2D eigenvalue weighted by atomic mass is 127. The summed E-state index contributed by atoms with van der Waals surface area (Å²) in [4.78, 5) is 10.2. The molecule has 13 heavy (non-hydrogen) atoms. The molecule has 0 bridgehead atoms. The summed E-state index contributed by atoms with van der Waals surface area (Å²) < 4.78 is 6.16. The normalized spacial score (nSPS) is 9.77. The summed E-state index contributed by atoms with van der Waals surface area (Å²) in [5.74, 6) is 0.638. The maximum Gasteiger partial charge on any atom is 0.296 e. The molecule has 0 aliphatic heterocycles. The van der Waals surface area contributed by atoms with Crippen molar-refractivity contribution in [3.05, 3.63) is 29.4 Å². The molecule has 0 amide bonds. The van der Waals surface area contributed by atoms with Crippen LogP contribution in [0.4, 0.5) is 5.69 Å². The summed E-state index contributed by atoms with van der Waals surface area (Å²) in [5, 5.41) is 10.6. The van der Waals surface area contributed by atoms with Gasteiger partial charge in [-0.05, 0) is 45.2 Å². The Labute approximate surface area is 102 Å². The molecule has 0 saturated carbocycles. The van der Waals surface area contributed by atoms with E-state index in [2.05, 4.69) is 0 Å². The highest BCUT2D eigenvalue weighted by Crippen LogP contribution is 2.31. The molecule has 1 aromatic carbocycles. The van der Waals surface area contributed by atoms with Crippen LogP contribution in [0.15, 0.2) is 12.1 Å². The first kappa shape index (κ1) is 11.0. The van der Waals surface area contributed by atoms with E-state index >= 15 is 0 Å². The van der Waals surface area contributed by atoms with E-state index in [9.17, 15) is 10.1 Å². The minimum atomic E-state index is -0.386. The van der Waals surface area contributed by atoms with Crippen LogP contribution in [0.5, 0.6) is 5.75 Å². The summed E-state index contributed by atoms with van der Waals surface area (Å²) in [6.07, 6.45) is 0. The van der Waals surface area contributed by atoms with Crippen molar-refractivity contribution in [1.29, 1.82) is 0 Å². The zero-order chi connectivity index (χ0) is 10.0. The minimum Gasteiger partial charge on any atom is -0.497 e. The highest BCUT2D eigenvalue weighted by Gasteiger charge is 2.17. The summed E-state index contributed by atoms with van der Waals surface area (Å²) in [6, 6.07) is 3.28. The molecule has 0 aromatic heterocycles. The van der Waals surface area contributed by atoms with Gasteiger partial charge in [0.05, 0.1) is 19.2 Å². The Morgan fingerprint density at radius 1 is 1.38 bits per heavy atom. The molecular formula is C7H5I2NO3. The number of nitro groups is 1. The van der Waals surface area contributed by atoms with Gasteiger partial charge in [-0.15, -0.1) is 0 Å². The molecule has 0 radical (unpaired) electrons. The number of benzene rings is 1.